The highest BCUT2D eigenvalue weighted by Crippen LogP contribution is 2.34. The minimum Gasteiger partial charge on any atom is -0.496 e. The number of halogens is 1. The Balaban J connectivity index is 0.00000529. The van der Waals surface area contributed by atoms with Gasteiger partial charge in [0.15, 0.2) is 17.5 Å². The number of hydrogen-bond acceptors (Lipinski definition) is 4. The van der Waals surface area contributed by atoms with Crippen molar-refractivity contribution in [3.63, 3.8) is 0 Å². The summed E-state index contributed by atoms with van der Waals surface area (Å²) < 4.78 is 16.1. The van der Waals surface area contributed by atoms with Crippen LogP contribution < -0.4 is 24.8 Å². The first kappa shape index (κ1) is 22.6. The lowest BCUT2D eigenvalue weighted by atomic mass is 10.1. The van der Waals surface area contributed by atoms with Crippen LogP contribution in [0.2, 0.25) is 0 Å². The van der Waals surface area contributed by atoms with Gasteiger partial charge in [-0.1, -0.05) is 13.8 Å². The van der Waals surface area contributed by atoms with Crippen LogP contribution in [-0.4, -0.2) is 40.4 Å². The molecule has 1 rings (SSSR count). The predicted octanol–water partition coefficient (Wildman–Crippen LogP) is 3.04. The summed E-state index contributed by atoms with van der Waals surface area (Å²) in [6, 6.07) is 4.06. The molecular weight excluding hydrogens is 421 g/mol. The molecule has 1 aromatic rings. The van der Waals surface area contributed by atoms with Crippen molar-refractivity contribution in [1.82, 2.24) is 10.6 Å². The van der Waals surface area contributed by atoms with E-state index in [9.17, 15) is 0 Å². The number of aliphatic imine (C=N–C) groups is 1. The number of methoxy groups -OCH3 is 3. The van der Waals surface area contributed by atoms with Crippen molar-refractivity contribution in [1.29, 1.82) is 0 Å². The van der Waals surface area contributed by atoms with E-state index in [2.05, 4.69) is 36.4 Å². The van der Waals surface area contributed by atoms with E-state index in [-0.39, 0.29) is 24.0 Å². The highest BCUT2D eigenvalue weighted by molar-refractivity contribution is 14.0. The molecular formula is C17H30IN3O3. The van der Waals surface area contributed by atoms with Gasteiger partial charge in [-0.15, -0.1) is 24.0 Å². The fraction of sp³-hybridized carbons (Fsp3) is 0.588. The van der Waals surface area contributed by atoms with Crippen LogP contribution in [0.25, 0.3) is 0 Å². The first-order valence-electron chi connectivity index (χ1n) is 7.72. The van der Waals surface area contributed by atoms with Crippen LogP contribution in [0.5, 0.6) is 17.2 Å². The van der Waals surface area contributed by atoms with Gasteiger partial charge in [0.05, 0.1) is 21.3 Å². The van der Waals surface area contributed by atoms with Gasteiger partial charge in [-0.3, -0.25) is 4.99 Å². The molecule has 6 nitrogen and oxygen atoms in total. The van der Waals surface area contributed by atoms with Gasteiger partial charge < -0.3 is 24.8 Å². The van der Waals surface area contributed by atoms with E-state index in [0.717, 1.165) is 17.3 Å². The van der Waals surface area contributed by atoms with Crippen LogP contribution in [0.4, 0.5) is 0 Å². The maximum absolute atomic E-state index is 5.44. The summed E-state index contributed by atoms with van der Waals surface area (Å²) in [5.74, 6) is 3.32. The van der Waals surface area contributed by atoms with Crippen LogP contribution in [0.1, 0.15) is 26.3 Å². The van der Waals surface area contributed by atoms with Crippen LogP contribution in [0.15, 0.2) is 17.1 Å². The summed E-state index contributed by atoms with van der Waals surface area (Å²) in [5.41, 5.74) is 0.963. The Hall–Kier alpha value is -1.38. The zero-order chi connectivity index (χ0) is 17.4. The zero-order valence-corrected chi connectivity index (χ0v) is 17.9. The molecule has 2 N–H and O–H groups in total. The predicted molar refractivity (Wildman–Crippen MR) is 109 cm³/mol. The van der Waals surface area contributed by atoms with Crippen molar-refractivity contribution in [3.05, 3.63) is 17.7 Å². The van der Waals surface area contributed by atoms with Gasteiger partial charge in [-0.2, -0.15) is 0 Å². The largest absolute Gasteiger partial charge is 0.496 e. The molecule has 7 heteroatoms. The minimum absolute atomic E-state index is 0. The molecule has 0 heterocycles. The number of rotatable bonds is 7. The summed E-state index contributed by atoms with van der Waals surface area (Å²) in [7, 11) is 6.62. The van der Waals surface area contributed by atoms with Gasteiger partial charge in [0, 0.05) is 31.3 Å². The second-order valence-corrected chi connectivity index (χ2v) is 5.62. The summed E-state index contributed by atoms with van der Waals surface area (Å²) >= 11 is 0. The van der Waals surface area contributed by atoms with Crippen molar-refractivity contribution in [2.45, 2.75) is 33.4 Å². The van der Waals surface area contributed by atoms with Crippen molar-refractivity contribution in [3.8, 4) is 17.2 Å². The Morgan fingerprint density at radius 2 is 1.54 bits per heavy atom. The maximum Gasteiger partial charge on any atom is 0.191 e. The SMILES string of the molecule is CN=C(NCc1cc(OC)c(OC)cc1OC)NC(C)C(C)C.I. The van der Waals surface area contributed by atoms with E-state index in [1.807, 2.05) is 12.1 Å². The van der Waals surface area contributed by atoms with Gasteiger partial charge in [-0.05, 0) is 18.9 Å². The van der Waals surface area contributed by atoms with E-state index >= 15 is 0 Å². The lowest BCUT2D eigenvalue weighted by molar-refractivity contribution is 0.347. The van der Waals surface area contributed by atoms with E-state index in [0.29, 0.717) is 30.0 Å². The first-order chi connectivity index (χ1) is 11.0. The Kier molecular flexibility index (Phi) is 10.6. The van der Waals surface area contributed by atoms with Gasteiger partial charge in [0.1, 0.15) is 5.75 Å². The van der Waals surface area contributed by atoms with Gasteiger partial charge in [0.2, 0.25) is 0 Å². The number of nitrogens with zero attached hydrogens (tertiary/aromatic N) is 1. The quantitative estimate of drug-likeness (QED) is 0.379. The molecule has 0 aliphatic carbocycles. The number of guanidine groups is 1. The van der Waals surface area contributed by atoms with Crippen molar-refractivity contribution >= 4 is 29.9 Å². The summed E-state index contributed by atoms with van der Waals surface area (Å²) in [6.45, 7) is 7.03. The zero-order valence-electron chi connectivity index (χ0n) is 15.6. The lowest BCUT2D eigenvalue weighted by Crippen LogP contribution is -2.43. The normalized spacial score (nSPS) is 12.2. The Morgan fingerprint density at radius 1 is 1.00 bits per heavy atom. The molecule has 24 heavy (non-hydrogen) atoms. The highest BCUT2D eigenvalue weighted by Gasteiger charge is 2.13. The molecule has 0 aliphatic rings. The number of benzene rings is 1. The molecule has 0 fully saturated rings. The van der Waals surface area contributed by atoms with Gasteiger partial charge in [0.25, 0.3) is 0 Å². The summed E-state index contributed by atoms with van der Waals surface area (Å²) in [6.07, 6.45) is 0. The molecule has 1 aromatic carbocycles. The van der Waals surface area contributed by atoms with Gasteiger partial charge in [-0.25, -0.2) is 0 Å². The maximum atomic E-state index is 5.44. The van der Waals surface area contributed by atoms with E-state index < -0.39 is 0 Å². The Morgan fingerprint density at radius 3 is 2.00 bits per heavy atom. The number of ether oxygens (including phenoxy) is 3. The fourth-order valence-corrected chi connectivity index (χ4v) is 1.99. The van der Waals surface area contributed by atoms with Gasteiger partial charge >= 0.3 is 0 Å². The van der Waals surface area contributed by atoms with E-state index in [1.54, 1.807) is 28.4 Å². The average molecular weight is 451 g/mol. The van der Waals surface area contributed by atoms with E-state index in [4.69, 9.17) is 14.2 Å². The second kappa shape index (κ2) is 11.2. The lowest BCUT2D eigenvalue weighted by Gasteiger charge is -2.21. The monoisotopic (exact) mass is 451 g/mol. The number of nitrogens with one attached hydrogen (secondary N) is 2. The molecule has 1 atom stereocenters. The Labute approximate surface area is 162 Å². The summed E-state index contributed by atoms with van der Waals surface area (Å²) in [5, 5.41) is 6.66. The summed E-state index contributed by atoms with van der Waals surface area (Å²) in [4.78, 5) is 4.25. The second-order valence-electron chi connectivity index (χ2n) is 5.62. The van der Waals surface area contributed by atoms with Crippen LogP contribution in [0, 0.1) is 5.92 Å². The van der Waals surface area contributed by atoms with Crippen molar-refractivity contribution < 1.29 is 14.2 Å². The minimum atomic E-state index is 0. The smallest absolute Gasteiger partial charge is 0.191 e. The van der Waals surface area contributed by atoms with Crippen molar-refractivity contribution in [2.24, 2.45) is 10.9 Å². The number of hydrogen-bond donors (Lipinski definition) is 2. The van der Waals surface area contributed by atoms with Crippen LogP contribution in [0.3, 0.4) is 0 Å². The van der Waals surface area contributed by atoms with E-state index in [1.165, 1.54) is 0 Å². The highest BCUT2D eigenvalue weighted by atomic mass is 127. The first-order valence-corrected chi connectivity index (χ1v) is 7.72. The molecule has 1 unspecified atom stereocenters. The van der Waals surface area contributed by atoms with Crippen LogP contribution in [-0.2, 0) is 6.54 Å². The molecule has 0 radical (unpaired) electrons. The fourth-order valence-electron chi connectivity index (χ4n) is 1.99. The molecule has 0 amide bonds. The molecule has 0 aliphatic heterocycles. The third-order valence-electron chi connectivity index (χ3n) is 3.82. The molecule has 0 spiro atoms. The Bertz CT molecular complexity index is 536. The molecule has 0 aromatic heterocycles. The third kappa shape index (κ3) is 6.26. The average Bonchev–Trinajstić information content (AvgIpc) is 2.57. The topological polar surface area (TPSA) is 64.1 Å². The van der Waals surface area contributed by atoms with Crippen LogP contribution >= 0.6 is 24.0 Å². The standard InChI is InChI=1S/C17H29N3O3.HI/c1-11(2)12(3)20-17(18-4)19-10-13-8-15(22-6)16(23-7)9-14(13)21-5;/h8-9,11-12H,10H2,1-7H3,(H2,18,19,20);1H. The molecule has 0 saturated carbocycles. The third-order valence-corrected chi connectivity index (χ3v) is 3.82. The molecule has 138 valence electrons. The molecule has 0 bridgehead atoms. The molecule has 0 saturated heterocycles. The van der Waals surface area contributed by atoms with Crippen molar-refractivity contribution in [2.75, 3.05) is 28.4 Å².